The van der Waals surface area contributed by atoms with Crippen LogP contribution < -0.4 is 4.90 Å². The van der Waals surface area contributed by atoms with Crippen molar-refractivity contribution in [1.29, 1.82) is 0 Å². The average Bonchev–Trinajstić information content (AvgIpc) is 3.70. The number of rotatable bonds is 6. The molecule has 2 heterocycles. The number of hydrogen-bond donors (Lipinski definition) is 0. The third-order valence-corrected chi connectivity index (χ3v) is 8.54. The molecule has 7 heteroatoms. The molecule has 3 aliphatic rings. The highest BCUT2D eigenvalue weighted by atomic mass is 16.5. The Bertz CT molecular complexity index is 1730. The summed E-state index contributed by atoms with van der Waals surface area (Å²) in [5.41, 5.74) is 3.14. The highest BCUT2D eigenvalue weighted by Gasteiger charge is 2.59. The molecule has 1 aliphatic heterocycles. The lowest BCUT2D eigenvalue weighted by Gasteiger charge is -2.18. The van der Waals surface area contributed by atoms with Crippen molar-refractivity contribution >= 4 is 40.2 Å². The Morgan fingerprint density at radius 2 is 1.49 bits per heavy atom. The number of benzene rings is 3. The molecule has 4 aromatic rings. The van der Waals surface area contributed by atoms with Gasteiger partial charge in [0.15, 0.2) is 6.10 Å². The lowest BCUT2D eigenvalue weighted by molar-refractivity contribution is -0.123. The van der Waals surface area contributed by atoms with Crippen LogP contribution in [0.4, 0.5) is 5.69 Å². The van der Waals surface area contributed by atoms with E-state index in [4.69, 9.17) is 9.72 Å². The van der Waals surface area contributed by atoms with Gasteiger partial charge in [0.2, 0.25) is 17.6 Å². The minimum absolute atomic E-state index is 0.127. The van der Waals surface area contributed by atoms with Gasteiger partial charge in [-0.1, -0.05) is 72.8 Å². The first-order chi connectivity index (χ1) is 19.9. The number of fused-ring (bicyclic) bond motifs is 6. The van der Waals surface area contributed by atoms with Crippen molar-refractivity contribution in [3.8, 4) is 11.3 Å². The van der Waals surface area contributed by atoms with E-state index in [1.54, 1.807) is 67.6 Å². The van der Waals surface area contributed by atoms with Crippen molar-refractivity contribution in [2.24, 2.45) is 23.7 Å². The molecule has 2 fully saturated rings. The van der Waals surface area contributed by atoms with Crippen molar-refractivity contribution in [3.63, 3.8) is 0 Å². The van der Waals surface area contributed by atoms with Crippen LogP contribution in [-0.2, 0) is 14.3 Å². The molecule has 202 valence electrons. The Kier molecular flexibility index (Phi) is 5.89. The summed E-state index contributed by atoms with van der Waals surface area (Å²) >= 11 is 0. The maximum Gasteiger partial charge on any atom is 0.339 e. The van der Waals surface area contributed by atoms with Gasteiger partial charge in [-0.05, 0) is 49.4 Å². The van der Waals surface area contributed by atoms with Gasteiger partial charge in [0, 0.05) is 16.5 Å². The Hall–Kier alpha value is -4.91. The number of imide groups is 1. The van der Waals surface area contributed by atoms with E-state index in [9.17, 15) is 19.2 Å². The minimum atomic E-state index is -0.972. The Morgan fingerprint density at radius 1 is 0.854 bits per heavy atom. The Labute approximate surface area is 236 Å². The highest BCUT2D eigenvalue weighted by Crippen LogP contribution is 2.53. The second-order valence-corrected chi connectivity index (χ2v) is 10.9. The molecule has 0 radical (unpaired) electrons. The molecule has 2 bridgehead atoms. The molecule has 7 rings (SSSR count). The van der Waals surface area contributed by atoms with Crippen LogP contribution in [0.1, 0.15) is 34.1 Å². The van der Waals surface area contributed by atoms with Crippen molar-refractivity contribution in [3.05, 3.63) is 108 Å². The van der Waals surface area contributed by atoms with Crippen molar-refractivity contribution in [2.45, 2.75) is 19.4 Å². The van der Waals surface area contributed by atoms with Crippen LogP contribution in [0.15, 0.2) is 97.1 Å². The summed E-state index contributed by atoms with van der Waals surface area (Å²) in [4.78, 5) is 58.7. The van der Waals surface area contributed by atoms with Gasteiger partial charge in [0.1, 0.15) is 0 Å². The SMILES string of the molecule is CC(OC(=O)c1cc(-c2ccc(N3C(=O)C4C5C=CC(C5)C4C3=O)cc2)nc2ccccc12)C(=O)c1ccccc1. The van der Waals surface area contributed by atoms with E-state index >= 15 is 0 Å². The number of Topliss-reactive ketones (excluding diaryl/α,β-unsaturated/α-hetero) is 1. The molecule has 5 unspecified atom stereocenters. The molecule has 1 saturated carbocycles. The van der Waals surface area contributed by atoms with Crippen LogP contribution in [0, 0.1) is 23.7 Å². The summed E-state index contributed by atoms with van der Waals surface area (Å²) < 4.78 is 5.62. The number of ketones is 1. The van der Waals surface area contributed by atoms with Crippen molar-refractivity contribution in [2.75, 3.05) is 4.90 Å². The molecule has 1 aromatic heterocycles. The lowest BCUT2D eigenvalue weighted by atomic mass is 9.85. The fraction of sp³-hybridized carbons (Fsp3) is 0.206. The number of hydrogen-bond acceptors (Lipinski definition) is 6. The molecule has 0 N–H and O–H groups in total. The number of para-hydroxylation sites is 1. The van der Waals surface area contributed by atoms with Gasteiger partial charge in [0.25, 0.3) is 0 Å². The quantitative estimate of drug-likeness (QED) is 0.135. The summed E-state index contributed by atoms with van der Waals surface area (Å²) in [5.74, 6) is -1.38. The molecule has 3 aromatic carbocycles. The standard InChI is InChI=1S/C34H26N2O5/c1-19(31(37)21-7-3-2-4-8-21)41-34(40)26-18-28(35-27-10-6-5-9-25(26)27)20-13-15-24(16-14-20)36-32(38)29-22-11-12-23(17-22)30(29)33(36)39/h2-16,18-19,22-23,29-30H,17H2,1H3. The number of pyridine rings is 1. The number of allylic oxidation sites excluding steroid dienone is 2. The van der Waals surface area contributed by atoms with E-state index in [1.807, 2.05) is 24.3 Å². The topological polar surface area (TPSA) is 93.6 Å². The number of aromatic nitrogens is 1. The van der Waals surface area contributed by atoms with E-state index < -0.39 is 12.1 Å². The highest BCUT2D eigenvalue weighted by molar-refractivity contribution is 6.22. The van der Waals surface area contributed by atoms with E-state index in [-0.39, 0.29) is 41.3 Å². The maximum absolute atomic E-state index is 13.4. The van der Waals surface area contributed by atoms with Crippen molar-refractivity contribution < 1.29 is 23.9 Å². The second-order valence-electron chi connectivity index (χ2n) is 10.9. The number of nitrogens with zero attached hydrogens (tertiary/aromatic N) is 2. The first-order valence-electron chi connectivity index (χ1n) is 13.8. The molecule has 7 nitrogen and oxygen atoms in total. The van der Waals surface area contributed by atoms with Crippen LogP contribution in [-0.4, -0.2) is 34.7 Å². The van der Waals surface area contributed by atoms with Gasteiger partial charge in [-0.15, -0.1) is 0 Å². The number of esters is 1. The largest absolute Gasteiger partial charge is 0.451 e. The maximum atomic E-state index is 13.4. The zero-order chi connectivity index (χ0) is 28.2. The third kappa shape index (κ3) is 4.08. The monoisotopic (exact) mass is 542 g/mol. The van der Waals surface area contributed by atoms with Gasteiger partial charge in [-0.25, -0.2) is 9.78 Å². The number of carbonyl (C=O) groups excluding carboxylic acids is 4. The fourth-order valence-electron chi connectivity index (χ4n) is 6.54. The van der Waals surface area contributed by atoms with E-state index in [2.05, 4.69) is 12.2 Å². The molecular weight excluding hydrogens is 516 g/mol. The number of carbonyl (C=O) groups is 4. The Morgan fingerprint density at radius 3 is 2.17 bits per heavy atom. The molecule has 2 amide bonds. The summed E-state index contributed by atoms with van der Waals surface area (Å²) in [6.07, 6.45) is 4.07. The molecular formula is C34H26N2O5. The number of anilines is 1. The molecule has 1 saturated heterocycles. The van der Waals surface area contributed by atoms with Crippen LogP contribution in [0.25, 0.3) is 22.2 Å². The lowest BCUT2D eigenvalue weighted by Crippen LogP contribution is -2.32. The first kappa shape index (κ1) is 25.1. The predicted molar refractivity (Wildman–Crippen MR) is 153 cm³/mol. The van der Waals surface area contributed by atoms with Gasteiger partial charge >= 0.3 is 5.97 Å². The van der Waals surface area contributed by atoms with Crippen LogP contribution in [0.5, 0.6) is 0 Å². The van der Waals surface area contributed by atoms with Gasteiger partial charge in [-0.2, -0.15) is 0 Å². The van der Waals surface area contributed by atoms with Crippen molar-refractivity contribution in [1.82, 2.24) is 4.98 Å². The average molecular weight is 543 g/mol. The number of ether oxygens (including phenoxy) is 1. The van der Waals surface area contributed by atoms with Gasteiger partial charge < -0.3 is 4.74 Å². The van der Waals surface area contributed by atoms with Crippen LogP contribution >= 0.6 is 0 Å². The molecule has 2 aliphatic carbocycles. The smallest absolute Gasteiger partial charge is 0.339 e. The normalized spacial score (nSPS) is 23.2. The fourth-order valence-corrected chi connectivity index (χ4v) is 6.54. The van der Waals surface area contributed by atoms with Crippen LogP contribution in [0.2, 0.25) is 0 Å². The number of amides is 2. The zero-order valence-corrected chi connectivity index (χ0v) is 22.3. The summed E-state index contributed by atoms with van der Waals surface area (Å²) in [7, 11) is 0. The van der Waals surface area contributed by atoms with Gasteiger partial charge in [-0.3, -0.25) is 19.3 Å². The van der Waals surface area contributed by atoms with E-state index in [0.29, 0.717) is 39.0 Å². The summed E-state index contributed by atoms with van der Waals surface area (Å²) in [6.45, 7) is 1.56. The second kappa shape index (κ2) is 9.63. The zero-order valence-electron chi connectivity index (χ0n) is 22.3. The first-order valence-corrected chi connectivity index (χ1v) is 13.8. The van der Waals surface area contributed by atoms with Crippen LogP contribution in [0.3, 0.4) is 0 Å². The predicted octanol–water partition coefficient (Wildman–Crippen LogP) is 5.64. The van der Waals surface area contributed by atoms with E-state index in [0.717, 1.165) is 6.42 Å². The third-order valence-electron chi connectivity index (χ3n) is 8.54. The molecule has 5 atom stereocenters. The van der Waals surface area contributed by atoms with E-state index in [1.165, 1.54) is 4.90 Å². The minimum Gasteiger partial charge on any atom is -0.451 e. The van der Waals surface area contributed by atoms with Gasteiger partial charge in [0.05, 0.1) is 34.3 Å². The summed E-state index contributed by atoms with van der Waals surface area (Å²) in [6, 6.07) is 24.7. The molecule has 0 spiro atoms. The summed E-state index contributed by atoms with van der Waals surface area (Å²) in [5, 5.41) is 0.611. The molecule has 41 heavy (non-hydrogen) atoms. The Balaban J connectivity index is 1.17.